The average Bonchev–Trinajstić information content (AvgIpc) is 2.94. The van der Waals surface area contributed by atoms with Crippen LogP contribution in [0.25, 0.3) is 0 Å². The molecule has 0 aromatic heterocycles. The van der Waals surface area contributed by atoms with Gasteiger partial charge in [-0.3, -0.25) is 14.4 Å². The number of methoxy groups -OCH3 is 1. The summed E-state index contributed by atoms with van der Waals surface area (Å²) in [4.78, 5) is 54.8. The fraction of sp³-hybridized carbons (Fsp3) is 0.697. The zero-order valence-electron chi connectivity index (χ0n) is 28.2. The lowest BCUT2D eigenvalue weighted by molar-refractivity contribution is -0.125. The first-order valence-electron chi connectivity index (χ1n) is 15.8. The molecular weight excluding hydrogens is 596 g/mol. The number of alkyl carbamates (subject to hydrolysis) is 1. The summed E-state index contributed by atoms with van der Waals surface area (Å²) in [7, 11) is 1.57. The van der Waals surface area contributed by atoms with Crippen molar-refractivity contribution in [1.82, 2.24) is 16.0 Å². The Kier molecular flexibility index (Phi) is 15.1. The van der Waals surface area contributed by atoms with Gasteiger partial charge in [-0.05, 0) is 57.6 Å². The van der Waals surface area contributed by atoms with E-state index in [9.17, 15) is 24.3 Å². The van der Waals surface area contributed by atoms with Crippen LogP contribution in [-0.4, -0.2) is 85.3 Å². The van der Waals surface area contributed by atoms with Gasteiger partial charge < -0.3 is 35.4 Å². The van der Waals surface area contributed by atoms with Gasteiger partial charge in [-0.2, -0.15) is 0 Å². The van der Waals surface area contributed by atoms with E-state index >= 15 is 0 Å². The number of amides is 4. The quantitative estimate of drug-likeness (QED) is 0.194. The number of benzene rings is 1. The van der Waals surface area contributed by atoms with E-state index in [2.05, 4.69) is 16.0 Å². The minimum absolute atomic E-state index is 0.0935. The molecule has 0 fully saturated rings. The summed E-state index contributed by atoms with van der Waals surface area (Å²) in [6.45, 7) is 14.4. The average molecular weight is 651 g/mol. The van der Waals surface area contributed by atoms with Crippen molar-refractivity contribution >= 4 is 41.3 Å². The number of anilines is 1. The van der Waals surface area contributed by atoms with Crippen LogP contribution in [0.1, 0.15) is 80.6 Å². The Morgan fingerprint density at radius 1 is 1.09 bits per heavy atom. The molecule has 0 spiro atoms. The molecule has 4 atom stereocenters. The Bertz CT molecular complexity index is 1140. The van der Waals surface area contributed by atoms with E-state index < -0.39 is 40.4 Å². The van der Waals surface area contributed by atoms with Crippen LogP contribution >= 0.6 is 11.8 Å². The molecule has 1 unspecified atom stereocenters. The van der Waals surface area contributed by atoms with Crippen LogP contribution in [0, 0.1) is 11.3 Å². The van der Waals surface area contributed by atoms with Gasteiger partial charge in [-0.15, -0.1) is 11.8 Å². The number of carbonyl (C=O) groups is 4. The molecule has 12 heteroatoms. The summed E-state index contributed by atoms with van der Waals surface area (Å²) in [6.07, 6.45) is 0.538. The highest BCUT2D eigenvalue weighted by atomic mass is 32.2. The zero-order valence-corrected chi connectivity index (χ0v) is 29.1. The summed E-state index contributed by atoms with van der Waals surface area (Å²) < 4.78 is 10.5. The SMILES string of the molecule is CCCCNC(=O)[C@H](C)C[C@H](O)[C@H](CC(C)(C)CC(=O)N1CC(C(=O)NCCOC)Sc2ccccc21)NC(=O)OC(C)(C)C. The number of fused-ring (bicyclic) bond motifs is 1. The van der Waals surface area contributed by atoms with Crippen LogP contribution in [0.5, 0.6) is 0 Å². The van der Waals surface area contributed by atoms with E-state index in [4.69, 9.17) is 9.47 Å². The van der Waals surface area contributed by atoms with Gasteiger partial charge >= 0.3 is 6.09 Å². The lowest BCUT2D eigenvalue weighted by atomic mass is 9.79. The minimum Gasteiger partial charge on any atom is -0.444 e. The molecule has 1 aliphatic rings. The maximum atomic E-state index is 13.9. The van der Waals surface area contributed by atoms with Crippen molar-refractivity contribution in [2.75, 3.05) is 38.3 Å². The van der Waals surface area contributed by atoms with Crippen molar-refractivity contribution in [2.24, 2.45) is 11.3 Å². The van der Waals surface area contributed by atoms with Crippen molar-refractivity contribution in [3.05, 3.63) is 24.3 Å². The molecule has 0 radical (unpaired) electrons. The van der Waals surface area contributed by atoms with E-state index in [1.807, 2.05) is 45.0 Å². The fourth-order valence-electron chi connectivity index (χ4n) is 5.11. The van der Waals surface area contributed by atoms with Gasteiger partial charge in [-0.1, -0.05) is 46.2 Å². The first kappa shape index (κ1) is 38.4. The van der Waals surface area contributed by atoms with E-state index in [0.717, 1.165) is 23.4 Å². The van der Waals surface area contributed by atoms with Gasteiger partial charge in [0.15, 0.2) is 0 Å². The normalized spacial score (nSPS) is 17.0. The van der Waals surface area contributed by atoms with Crippen molar-refractivity contribution in [3.8, 4) is 0 Å². The van der Waals surface area contributed by atoms with E-state index in [1.165, 1.54) is 11.8 Å². The van der Waals surface area contributed by atoms with Crippen LogP contribution in [0.15, 0.2) is 29.2 Å². The number of rotatable bonds is 16. The third kappa shape index (κ3) is 13.2. The molecule has 1 aliphatic heterocycles. The van der Waals surface area contributed by atoms with Crippen LogP contribution in [0.3, 0.4) is 0 Å². The van der Waals surface area contributed by atoms with Gasteiger partial charge in [0.2, 0.25) is 17.7 Å². The molecule has 0 saturated heterocycles. The summed E-state index contributed by atoms with van der Waals surface area (Å²) in [6, 6.07) is 6.73. The highest BCUT2D eigenvalue weighted by Crippen LogP contribution is 2.40. The summed E-state index contributed by atoms with van der Waals surface area (Å²) in [5.74, 6) is -0.980. The number of hydrogen-bond acceptors (Lipinski definition) is 8. The third-order valence-corrected chi connectivity index (χ3v) is 8.66. The molecule has 1 heterocycles. The summed E-state index contributed by atoms with van der Waals surface area (Å²) in [5, 5.41) is 19.4. The largest absolute Gasteiger partial charge is 0.444 e. The van der Waals surface area contributed by atoms with Gasteiger partial charge in [0.05, 0.1) is 24.4 Å². The zero-order chi connectivity index (χ0) is 33.8. The fourth-order valence-corrected chi connectivity index (χ4v) is 6.28. The number of nitrogens with one attached hydrogen (secondary N) is 3. The van der Waals surface area contributed by atoms with E-state index in [0.29, 0.717) is 19.7 Å². The van der Waals surface area contributed by atoms with Crippen LogP contribution in [0.4, 0.5) is 10.5 Å². The number of para-hydroxylation sites is 1. The van der Waals surface area contributed by atoms with Crippen molar-refractivity contribution < 1.29 is 33.8 Å². The number of carbonyl (C=O) groups excluding carboxylic acids is 4. The molecule has 0 bridgehead atoms. The molecule has 0 saturated carbocycles. The number of nitrogens with zero attached hydrogens (tertiary/aromatic N) is 1. The second-order valence-electron chi connectivity index (χ2n) is 13.5. The van der Waals surface area contributed by atoms with E-state index in [-0.39, 0.29) is 43.5 Å². The second kappa shape index (κ2) is 17.8. The Morgan fingerprint density at radius 3 is 2.42 bits per heavy atom. The standard InChI is InChI=1S/C33H54N4O7S/c1-9-10-15-34-29(40)22(2)18-25(38)23(36-31(42)44-32(3,4)5)19-33(6,7)20-28(39)37-21-27(30(41)35-16-17-43-8)45-26-14-12-11-13-24(26)37/h11-14,22-23,25,27,38H,9-10,15-21H2,1-8H3,(H,34,40)(H,35,41)(H,36,42)/t22-,23+,25+,27?/m1/s1. The number of hydrogen-bond donors (Lipinski definition) is 4. The maximum absolute atomic E-state index is 13.9. The van der Waals surface area contributed by atoms with Crippen molar-refractivity contribution in [2.45, 2.75) is 108 Å². The van der Waals surface area contributed by atoms with Gasteiger partial charge in [0, 0.05) is 44.0 Å². The molecule has 4 N–H and O–H groups in total. The van der Waals surface area contributed by atoms with Gasteiger partial charge in [-0.25, -0.2) is 4.79 Å². The van der Waals surface area contributed by atoms with Crippen LogP contribution < -0.4 is 20.9 Å². The van der Waals surface area contributed by atoms with E-state index in [1.54, 1.807) is 39.7 Å². The minimum atomic E-state index is -1.06. The highest BCUT2D eigenvalue weighted by molar-refractivity contribution is 8.00. The molecule has 1 aromatic carbocycles. The second-order valence-corrected chi connectivity index (χ2v) is 14.8. The number of unbranched alkanes of at least 4 members (excludes halogenated alkanes) is 1. The van der Waals surface area contributed by atoms with Gasteiger partial charge in [0.25, 0.3) is 0 Å². The maximum Gasteiger partial charge on any atom is 0.407 e. The smallest absolute Gasteiger partial charge is 0.407 e. The topological polar surface area (TPSA) is 146 Å². The lowest BCUT2D eigenvalue weighted by Crippen LogP contribution is -2.50. The highest BCUT2D eigenvalue weighted by Gasteiger charge is 2.38. The summed E-state index contributed by atoms with van der Waals surface area (Å²) >= 11 is 1.43. The molecule has 0 aliphatic carbocycles. The van der Waals surface area contributed by atoms with Gasteiger partial charge in [0.1, 0.15) is 10.9 Å². The molecule has 4 amide bonds. The van der Waals surface area contributed by atoms with Crippen molar-refractivity contribution in [3.63, 3.8) is 0 Å². The number of aliphatic hydroxyl groups is 1. The predicted octanol–water partition coefficient (Wildman–Crippen LogP) is 4.26. The first-order chi connectivity index (χ1) is 21.1. The molecule has 45 heavy (non-hydrogen) atoms. The first-order valence-corrected chi connectivity index (χ1v) is 16.7. The predicted molar refractivity (Wildman–Crippen MR) is 177 cm³/mol. The molecular formula is C33H54N4O7S. The molecule has 2 rings (SSSR count). The molecule has 1 aromatic rings. The van der Waals surface area contributed by atoms with Crippen molar-refractivity contribution in [1.29, 1.82) is 0 Å². The van der Waals surface area contributed by atoms with Crippen LogP contribution in [-0.2, 0) is 23.9 Å². The van der Waals surface area contributed by atoms with Crippen LogP contribution in [0.2, 0.25) is 0 Å². The Labute approximate surface area is 272 Å². The monoisotopic (exact) mass is 650 g/mol. The molecule has 11 nitrogen and oxygen atoms in total. The number of aliphatic hydroxyl groups excluding tert-OH is 1. The Balaban J connectivity index is 2.21. The third-order valence-electron chi connectivity index (χ3n) is 7.41. The molecule has 254 valence electrons. The number of ether oxygens (including phenoxy) is 2. The lowest BCUT2D eigenvalue weighted by Gasteiger charge is -2.37. The Hall–Kier alpha value is -2.83. The Morgan fingerprint density at radius 2 is 1.78 bits per heavy atom. The number of thioether (sulfide) groups is 1. The summed E-state index contributed by atoms with van der Waals surface area (Å²) in [5.41, 5.74) is -0.681.